The average molecular weight is 327 g/mol. The Bertz CT molecular complexity index is 768. The van der Waals surface area contributed by atoms with Crippen molar-refractivity contribution in [3.8, 4) is 0 Å². The van der Waals surface area contributed by atoms with Gasteiger partial charge in [-0.3, -0.25) is 9.59 Å². The zero-order chi connectivity index (χ0) is 16.4. The SMILES string of the molecule is Cc1cccc(SCC(=O)ON2C(=O)c3ccccc3C2=O)c1. The van der Waals surface area contributed by atoms with Crippen LogP contribution >= 0.6 is 11.8 Å². The molecule has 0 fully saturated rings. The van der Waals surface area contributed by atoms with Crippen LogP contribution in [0.3, 0.4) is 0 Å². The van der Waals surface area contributed by atoms with Gasteiger partial charge in [0.25, 0.3) is 11.8 Å². The van der Waals surface area contributed by atoms with Crippen molar-refractivity contribution in [3.05, 3.63) is 65.2 Å². The molecule has 1 aliphatic rings. The summed E-state index contributed by atoms with van der Waals surface area (Å²) in [6.45, 7) is 1.96. The fourth-order valence-electron chi connectivity index (χ4n) is 2.23. The van der Waals surface area contributed by atoms with Crippen LogP contribution in [0, 0.1) is 6.92 Å². The van der Waals surface area contributed by atoms with E-state index in [4.69, 9.17) is 4.84 Å². The predicted octanol–water partition coefficient (Wildman–Crippen LogP) is 2.84. The molecule has 0 bridgehead atoms. The lowest BCUT2D eigenvalue weighted by Crippen LogP contribution is -2.33. The predicted molar refractivity (Wildman–Crippen MR) is 84.9 cm³/mol. The van der Waals surface area contributed by atoms with E-state index >= 15 is 0 Å². The first kappa shape index (κ1) is 15.3. The van der Waals surface area contributed by atoms with E-state index in [1.54, 1.807) is 12.1 Å². The normalized spacial score (nSPS) is 13.2. The van der Waals surface area contributed by atoms with Crippen LogP contribution in [0.2, 0.25) is 0 Å². The van der Waals surface area contributed by atoms with E-state index in [-0.39, 0.29) is 16.9 Å². The van der Waals surface area contributed by atoms with E-state index in [2.05, 4.69) is 0 Å². The molecule has 0 aliphatic carbocycles. The summed E-state index contributed by atoms with van der Waals surface area (Å²) in [4.78, 5) is 41.9. The van der Waals surface area contributed by atoms with Gasteiger partial charge in [0.05, 0.1) is 16.9 Å². The third kappa shape index (κ3) is 3.12. The Balaban J connectivity index is 1.63. The molecular formula is C17H13NO4S. The Labute approximate surface area is 137 Å². The van der Waals surface area contributed by atoms with Crippen LogP contribution in [0.4, 0.5) is 0 Å². The minimum Gasteiger partial charge on any atom is -0.329 e. The molecule has 1 aliphatic heterocycles. The number of hydrogen-bond acceptors (Lipinski definition) is 5. The van der Waals surface area contributed by atoms with Crippen LogP contribution in [-0.4, -0.2) is 28.6 Å². The zero-order valence-electron chi connectivity index (χ0n) is 12.3. The summed E-state index contributed by atoms with van der Waals surface area (Å²) in [5.41, 5.74) is 1.58. The highest BCUT2D eigenvalue weighted by atomic mass is 32.2. The number of carbonyl (C=O) groups is 3. The fraction of sp³-hybridized carbons (Fsp3) is 0.118. The quantitative estimate of drug-likeness (QED) is 0.638. The highest BCUT2D eigenvalue weighted by molar-refractivity contribution is 8.00. The molecule has 2 aromatic rings. The van der Waals surface area contributed by atoms with Gasteiger partial charge >= 0.3 is 5.97 Å². The molecule has 0 N–H and O–H groups in total. The van der Waals surface area contributed by atoms with Crippen molar-refractivity contribution in [2.75, 3.05) is 5.75 Å². The minimum atomic E-state index is -0.647. The lowest BCUT2D eigenvalue weighted by atomic mass is 10.1. The monoisotopic (exact) mass is 327 g/mol. The largest absolute Gasteiger partial charge is 0.343 e. The Kier molecular flexibility index (Phi) is 4.16. The minimum absolute atomic E-state index is 0.0108. The van der Waals surface area contributed by atoms with Gasteiger partial charge in [0.15, 0.2) is 0 Å². The fourth-order valence-corrected chi connectivity index (χ4v) is 3.01. The van der Waals surface area contributed by atoms with Gasteiger partial charge in [-0.1, -0.05) is 34.9 Å². The van der Waals surface area contributed by atoms with Crippen molar-refractivity contribution < 1.29 is 19.2 Å². The lowest BCUT2D eigenvalue weighted by molar-refractivity contribution is -0.165. The first-order chi connectivity index (χ1) is 11.1. The Morgan fingerprint density at radius 3 is 2.30 bits per heavy atom. The van der Waals surface area contributed by atoms with Crippen LogP contribution in [0.5, 0.6) is 0 Å². The molecule has 3 rings (SSSR count). The lowest BCUT2D eigenvalue weighted by Gasteiger charge is -2.12. The van der Waals surface area contributed by atoms with Crippen LogP contribution in [-0.2, 0) is 9.63 Å². The number of aryl methyl sites for hydroxylation is 1. The summed E-state index contributed by atoms with van der Waals surface area (Å²) in [7, 11) is 0. The molecule has 0 saturated heterocycles. The molecular weight excluding hydrogens is 314 g/mol. The molecule has 0 radical (unpaired) electrons. The second-order valence-electron chi connectivity index (χ2n) is 5.02. The molecule has 0 saturated carbocycles. The second-order valence-corrected chi connectivity index (χ2v) is 6.07. The Morgan fingerprint density at radius 1 is 1.04 bits per heavy atom. The number of rotatable bonds is 4. The number of nitrogens with zero attached hydrogens (tertiary/aromatic N) is 1. The van der Waals surface area contributed by atoms with Gasteiger partial charge < -0.3 is 4.84 Å². The molecule has 0 unspecified atom stereocenters. The molecule has 2 aromatic carbocycles. The highest BCUT2D eigenvalue weighted by Crippen LogP contribution is 2.24. The number of fused-ring (bicyclic) bond motifs is 1. The van der Waals surface area contributed by atoms with Crippen LogP contribution in [0.15, 0.2) is 53.4 Å². The van der Waals surface area contributed by atoms with E-state index < -0.39 is 17.8 Å². The zero-order valence-corrected chi connectivity index (χ0v) is 13.1. The number of imide groups is 1. The number of amides is 2. The van der Waals surface area contributed by atoms with Crippen molar-refractivity contribution in [3.63, 3.8) is 0 Å². The summed E-state index contributed by atoms with van der Waals surface area (Å²) < 4.78 is 0. The van der Waals surface area contributed by atoms with Crippen LogP contribution < -0.4 is 0 Å². The number of hydrogen-bond donors (Lipinski definition) is 0. The molecule has 1 heterocycles. The van der Waals surface area contributed by atoms with Gasteiger partial charge in [-0.05, 0) is 31.2 Å². The van der Waals surface area contributed by atoms with E-state index in [0.29, 0.717) is 5.06 Å². The maximum Gasteiger partial charge on any atom is 0.343 e. The summed E-state index contributed by atoms with van der Waals surface area (Å²) >= 11 is 1.29. The standard InChI is InChI=1S/C17H13NO4S/c1-11-5-4-6-12(9-11)23-10-15(19)22-18-16(20)13-7-2-3-8-14(13)17(18)21/h2-9H,10H2,1H3. The smallest absolute Gasteiger partial charge is 0.329 e. The Hall–Kier alpha value is -2.60. The number of hydroxylamine groups is 2. The first-order valence-corrected chi connectivity index (χ1v) is 7.93. The maximum atomic E-state index is 12.1. The van der Waals surface area contributed by atoms with Crippen molar-refractivity contribution in [1.29, 1.82) is 0 Å². The van der Waals surface area contributed by atoms with E-state index in [0.717, 1.165) is 10.5 Å². The highest BCUT2D eigenvalue weighted by Gasteiger charge is 2.38. The second kappa shape index (κ2) is 6.26. The van der Waals surface area contributed by atoms with Crippen molar-refractivity contribution >= 4 is 29.5 Å². The van der Waals surface area contributed by atoms with Crippen LogP contribution in [0.25, 0.3) is 0 Å². The number of thioether (sulfide) groups is 1. The maximum absolute atomic E-state index is 12.1. The summed E-state index contributed by atoms with van der Waals surface area (Å²) in [5.74, 6) is -1.86. The molecule has 23 heavy (non-hydrogen) atoms. The Morgan fingerprint density at radius 2 is 1.70 bits per heavy atom. The van der Waals surface area contributed by atoms with Gasteiger partial charge in [0, 0.05) is 4.90 Å². The molecule has 116 valence electrons. The molecule has 6 heteroatoms. The third-order valence-electron chi connectivity index (χ3n) is 3.30. The average Bonchev–Trinajstić information content (AvgIpc) is 2.79. The number of benzene rings is 2. The molecule has 5 nitrogen and oxygen atoms in total. The van der Waals surface area contributed by atoms with Gasteiger partial charge in [0.1, 0.15) is 0 Å². The van der Waals surface area contributed by atoms with E-state index in [9.17, 15) is 14.4 Å². The van der Waals surface area contributed by atoms with E-state index in [1.165, 1.54) is 23.9 Å². The van der Waals surface area contributed by atoms with Crippen molar-refractivity contribution in [2.24, 2.45) is 0 Å². The third-order valence-corrected chi connectivity index (χ3v) is 4.26. The molecule has 0 atom stereocenters. The van der Waals surface area contributed by atoms with E-state index in [1.807, 2.05) is 31.2 Å². The topological polar surface area (TPSA) is 63.7 Å². The summed E-state index contributed by atoms with van der Waals surface area (Å²) in [6.07, 6.45) is 0. The number of carbonyl (C=O) groups excluding carboxylic acids is 3. The molecule has 0 aromatic heterocycles. The van der Waals surface area contributed by atoms with Crippen LogP contribution in [0.1, 0.15) is 26.3 Å². The van der Waals surface area contributed by atoms with Gasteiger partial charge in [-0.25, -0.2) is 4.79 Å². The summed E-state index contributed by atoms with van der Waals surface area (Å²) in [5, 5.41) is 0.532. The van der Waals surface area contributed by atoms with Gasteiger partial charge in [0.2, 0.25) is 0 Å². The van der Waals surface area contributed by atoms with Crippen molar-refractivity contribution in [1.82, 2.24) is 5.06 Å². The van der Waals surface area contributed by atoms with Gasteiger partial charge in [-0.2, -0.15) is 0 Å². The molecule has 0 spiro atoms. The van der Waals surface area contributed by atoms with Crippen molar-refractivity contribution in [2.45, 2.75) is 11.8 Å². The van der Waals surface area contributed by atoms with Gasteiger partial charge in [-0.15, -0.1) is 11.8 Å². The first-order valence-electron chi connectivity index (χ1n) is 6.94. The summed E-state index contributed by atoms with van der Waals surface area (Å²) in [6, 6.07) is 14.1. The molecule has 2 amide bonds.